The molecule has 0 aliphatic rings. The highest BCUT2D eigenvalue weighted by Gasteiger charge is 2.33. The van der Waals surface area contributed by atoms with Gasteiger partial charge >= 0.3 is 6.18 Å². The summed E-state index contributed by atoms with van der Waals surface area (Å²) in [4.78, 5) is 3.31. The number of rotatable bonds is 2. The third-order valence-corrected chi connectivity index (χ3v) is 2.76. The zero-order valence-electron chi connectivity index (χ0n) is 10.1. The summed E-state index contributed by atoms with van der Waals surface area (Å²) < 4.78 is 43.1. The lowest BCUT2D eigenvalue weighted by molar-refractivity contribution is -0.141. The molecule has 0 spiro atoms. The van der Waals surface area contributed by atoms with Crippen molar-refractivity contribution >= 4 is 23.2 Å². The van der Waals surface area contributed by atoms with Gasteiger partial charge in [0.1, 0.15) is 23.1 Å². The lowest BCUT2D eigenvalue weighted by Gasteiger charge is -2.10. The van der Waals surface area contributed by atoms with Gasteiger partial charge in [-0.3, -0.25) is 0 Å². The second-order valence-corrected chi connectivity index (χ2v) is 4.74. The molecule has 8 heteroatoms. The quantitative estimate of drug-likeness (QED) is 0.771. The Labute approximate surface area is 127 Å². The van der Waals surface area contributed by atoms with Gasteiger partial charge in [0.05, 0.1) is 0 Å². The molecule has 0 saturated heterocycles. The molecule has 0 unspecified atom stereocenters. The topological polar surface area (TPSA) is 45.9 Å². The maximum atomic E-state index is 12.6. The van der Waals surface area contributed by atoms with Crippen LogP contribution in [0, 0.1) is 11.3 Å². The molecular weight excluding hydrogens is 328 g/mol. The molecule has 0 saturated carbocycles. The number of hydrogen-bond acceptors (Lipinski definition) is 3. The van der Waals surface area contributed by atoms with Crippen LogP contribution in [-0.2, 0) is 6.18 Å². The van der Waals surface area contributed by atoms with Gasteiger partial charge in [-0.1, -0.05) is 23.2 Å². The first-order valence-electron chi connectivity index (χ1n) is 5.42. The minimum atomic E-state index is -4.64. The highest BCUT2D eigenvalue weighted by molar-refractivity contribution is 6.34. The van der Waals surface area contributed by atoms with Gasteiger partial charge < -0.3 is 4.74 Å². The number of ether oxygens (including phenoxy) is 1. The molecule has 0 N–H and O–H groups in total. The Morgan fingerprint density at radius 1 is 1.10 bits per heavy atom. The molecule has 0 atom stereocenters. The molecule has 0 aliphatic carbocycles. The maximum absolute atomic E-state index is 12.6. The van der Waals surface area contributed by atoms with Crippen molar-refractivity contribution < 1.29 is 17.9 Å². The minimum Gasteiger partial charge on any atom is -0.438 e. The fraction of sp³-hybridized carbons (Fsp3) is 0.0769. The Hall–Kier alpha value is -1.97. The van der Waals surface area contributed by atoms with Crippen LogP contribution in [0.25, 0.3) is 0 Å². The first-order valence-corrected chi connectivity index (χ1v) is 6.17. The average Bonchev–Trinajstić information content (AvgIpc) is 2.36. The number of halogens is 5. The standard InChI is InChI=1S/C13H5Cl2F3N2O/c14-8-3-9(15)5-10(4-8)21-12-7(6-19)1-2-11(20-12)13(16,17)18/h1-5H. The Morgan fingerprint density at radius 3 is 2.24 bits per heavy atom. The van der Waals surface area contributed by atoms with Gasteiger partial charge in [-0.2, -0.15) is 18.4 Å². The average molecular weight is 333 g/mol. The molecule has 0 aliphatic heterocycles. The first kappa shape index (κ1) is 15.4. The van der Waals surface area contributed by atoms with Gasteiger partial charge in [-0.15, -0.1) is 0 Å². The number of nitrogens with zero attached hydrogens (tertiary/aromatic N) is 2. The number of hydrogen-bond donors (Lipinski definition) is 0. The number of pyridine rings is 1. The Kier molecular flexibility index (Phi) is 4.26. The van der Waals surface area contributed by atoms with Crippen LogP contribution in [0.5, 0.6) is 11.6 Å². The van der Waals surface area contributed by atoms with Gasteiger partial charge in [0.2, 0.25) is 5.88 Å². The monoisotopic (exact) mass is 332 g/mol. The molecule has 3 nitrogen and oxygen atoms in total. The maximum Gasteiger partial charge on any atom is 0.433 e. The third kappa shape index (κ3) is 3.78. The summed E-state index contributed by atoms with van der Waals surface area (Å²) in [6.07, 6.45) is -4.64. The Morgan fingerprint density at radius 2 is 1.71 bits per heavy atom. The van der Waals surface area contributed by atoms with Crippen molar-refractivity contribution in [3.05, 3.63) is 51.6 Å². The van der Waals surface area contributed by atoms with E-state index in [4.69, 9.17) is 33.2 Å². The van der Waals surface area contributed by atoms with E-state index in [-0.39, 0.29) is 21.4 Å². The summed E-state index contributed by atoms with van der Waals surface area (Å²) in [5.41, 5.74) is -1.30. The molecule has 0 radical (unpaired) electrons. The minimum absolute atomic E-state index is 0.0795. The van der Waals surface area contributed by atoms with E-state index < -0.39 is 17.8 Å². The van der Waals surface area contributed by atoms with Crippen LogP contribution in [0.3, 0.4) is 0 Å². The van der Waals surface area contributed by atoms with E-state index in [9.17, 15) is 13.2 Å². The molecule has 0 fully saturated rings. The van der Waals surface area contributed by atoms with Crippen molar-refractivity contribution in [2.45, 2.75) is 6.18 Å². The van der Waals surface area contributed by atoms with E-state index in [2.05, 4.69) is 4.98 Å². The van der Waals surface area contributed by atoms with E-state index >= 15 is 0 Å². The van der Waals surface area contributed by atoms with Gasteiger partial charge in [-0.25, -0.2) is 4.98 Å². The van der Waals surface area contributed by atoms with Crippen LogP contribution >= 0.6 is 23.2 Å². The Bertz CT molecular complexity index is 706. The molecular formula is C13H5Cl2F3N2O. The van der Waals surface area contributed by atoms with E-state index in [0.717, 1.165) is 6.07 Å². The summed E-state index contributed by atoms with van der Waals surface area (Å²) in [5.74, 6) is -0.388. The van der Waals surface area contributed by atoms with Crippen LogP contribution < -0.4 is 4.74 Å². The summed E-state index contributed by atoms with van der Waals surface area (Å²) >= 11 is 11.5. The molecule has 108 valence electrons. The molecule has 1 heterocycles. The molecule has 2 aromatic rings. The molecule has 1 aromatic heterocycles. The van der Waals surface area contributed by atoms with E-state index in [1.54, 1.807) is 6.07 Å². The molecule has 1 aromatic carbocycles. The third-order valence-electron chi connectivity index (χ3n) is 2.32. The summed E-state index contributed by atoms with van der Waals surface area (Å²) in [6.45, 7) is 0. The van der Waals surface area contributed by atoms with Crippen LogP contribution in [0.4, 0.5) is 13.2 Å². The van der Waals surface area contributed by atoms with Crippen molar-refractivity contribution in [2.75, 3.05) is 0 Å². The van der Waals surface area contributed by atoms with Crippen molar-refractivity contribution in [1.82, 2.24) is 4.98 Å². The number of alkyl halides is 3. The smallest absolute Gasteiger partial charge is 0.433 e. The van der Waals surface area contributed by atoms with E-state index in [1.807, 2.05) is 0 Å². The zero-order chi connectivity index (χ0) is 15.6. The van der Waals surface area contributed by atoms with Crippen LogP contribution in [-0.4, -0.2) is 4.98 Å². The first-order chi connectivity index (χ1) is 9.79. The summed E-state index contributed by atoms with van der Waals surface area (Å²) in [5, 5.41) is 9.37. The van der Waals surface area contributed by atoms with Crippen LogP contribution in [0.15, 0.2) is 30.3 Å². The van der Waals surface area contributed by atoms with E-state index in [1.165, 1.54) is 18.2 Å². The second-order valence-electron chi connectivity index (χ2n) is 3.87. The lowest BCUT2D eigenvalue weighted by atomic mass is 10.2. The zero-order valence-corrected chi connectivity index (χ0v) is 11.6. The number of nitriles is 1. The fourth-order valence-electron chi connectivity index (χ4n) is 1.46. The fourth-order valence-corrected chi connectivity index (χ4v) is 1.97. The van der Waals surface area contributed by atoms with Gasteiger partial charge in [0.25, 0.3) is 0 Å². The van der Waals surface area contributed by atoms with Crippen molar-refractivity contribution in [2.24, 2.45) is 0 Å². The van der Waals surface area contributed by atoms with Gasteiger partial charge in [0.15, 0.2) is 0 Å². The lowest BCUT2D eigenvalue weighted by Crippen LogP contribution is -2.09. The number of benzene rings is 1. The van der Waals surface area contributed by atoms with E-state index in [0.29, 0.717) is 6.07 Å². The molecule has 0 bridgehead atoms. The normalized spacial score (nSPS) is 11.0. The molecule has 21 heavy (non-hydrogen) atoms. The van der Waals surface area contributed by atoms with Crippen molar-refractivity contribution in [3.8, 4) is 17.7 Å². The molecule has 2 rings (SSSR count). The summed E-state index contributed by atoms with van der Waals surface area (Å²) in [6, 6.07) is 7.51. The predicted octanol–water partition coefficient (Wildman–Crippen LogP) is 5.07. The van der Waals surface area contributed by atoms with Gasteiger partial charge in [0, 0.05) is 10.0 Å². The number of aromatic nitrogens is 1. The van der Waals surface area contributed by atoms with Crippen LogP contribution in [0.1, 0.15) is 11.3 Å². The predicted molar refractivity (Wildman–Crippen MR) is 70.5 cm³/mol. The van der Waals surface area contributed by atoms with Crippen molar-refractivity contribution in [1.29, 1.82) is 5.26 Å². The SMILES string of the molecule is N#Cc1ccc(C(F)(F)F)nc1Oc1cc(Cl)cc(Cl)c1. The van der Waals surface area contributed by atoms with Crippen LogP contribution in [0.2, 0.25) is 10.0 Å². The summed E-state index contributed by atoms with van der Waals surface area (Å²) in [7, 11) is 0. The highest BCUT2D eigenvalue weighted by atomic mass is 35.5. The largest absolute Gasteiger partial charge is 0.438 e. The van der Waals surface area contributed by atoms with Gasteiger partial charge in [-0.05, 0) is 30.3 Å². The Balaban J connectivity index is 2.45. The molecule has 0 amide bonds. The van der Waals surface area contributed by atoms with Crippen molar-refractivity contribution in [3.63, 3.8) is 0 Å². The highest BCUT2D eigenvalue weighted by Crippen LogP contribution is 2.33. The second kappa shape index (κ2) is 5.80.